The minimum Gasteiger partial charge on any atom is -0.458 e. The van der Waals surface area contributed by atoms with E-state index in [1.165, 1.54) is 0 Å². The molecule has 0 saturated carbocycles. The first kappa shape index (κ1) is 8.00. The fraction of sp³-hybridized carbons (Fsp3) is 0.667. The third-order valence-electron chi connectivity index (χ3n) is 1.22. The molecule has 0 aliphatic carbocycles. The van der Waals surface area contributed by atoms with Crippen molar-refractivity contribution in [3.8, 4) is 6.01 Å². The molecule has 0 aliphatic rings. The van der Waals surface area contributed by atoms with Crippen LogP contribution in [0.15, 0.2) is 6.33 Å². The third kappa shape index (κ3) is 2.19. The Hall–Kier alpha value is -1.10. The van der Waals surface area contributed by atoms with Crippen LogP contribution in [0.1, 0.15) is 6.92 Å². The number of nitrogens with zero attached hydrogens (tertiary/aromatic N) is 3. The maximum absolute atomic E-state index is 5.34. The van der Waals surface area contributed by atoms with E-state index >= 15 is 0 Å². The molecule has 0 bridgehead atoms. The Morgan fingerprint density at radius 3 is 3.00 bits per heavy atom. The van der Waals surface area contributed by atoms with Crippen LogP contribution in [0.2, 0.25) is 0 Å². The van der Waals surface area contributed by atoms with E-state index in [-0.39, 0.29) is 6.10 Å². The average molecular weight is 156 g/mol. The molecule has 1 heterocycles. The molecule has 1 rings (SSSR count). The first-order valence-corrected chi connectivity index (χ1v) is 3.44. The predicted molar refractivity (Wildman–Crippen MR) is 40.1 cm³/mol. The topological polar surface area (TPSA) is 66.0 Å². The summed E-state index contributed by atoms with van der Waals surface area (Å²) >= 11 is 0. The standard InChI is InChI=1S/C6H12N4O/c1-5(3-7)11-6-8-4-10(2)9-6/h4-5H,3,7H2,1-2H3. The maximum atomic E-state index is 5.34. The summed E-state index contributed by atoms with van der Waals surface area (Å²) in [6.45, 7) is 2.34. The van der Waals surface area contributed by atoms with Crippen LogP contribution in [0.4, 0.5) is 0 Å². The molecule has 0 fully saturated rings. The number of aryl methyl sites for hydroxylation is 1. The fourth-order valence-electron chi connectivity index (χ4n) is 0.602. The summed E-state index contributed by atoms with van der Waals surface area (Å²) in [6, 6.07) is 0.380. The molecule has 0 aromatic carbocycles. The first-order valence-electron chi connectivity index (χ1n) is 3.44. The van der Waals surface area contributed by atoms with Gasteiger partial charge in [0, 0.05) is 13.6 Å². The van der Waals surface area contributed by atoms with Crippen LogP contribution in [0.25, 0.3) is 0 Å². The van der Waals surface area contributed by atoms with Gasteiger partial charge in [-0.3, -0.25) is 4.68 Å². The van der Waals surface area contributed by atoms with E-state index in [1.807, 2.05) is 6.92 Å². The molecule has 0 spiro atoms. The highest BCUT2D eigenvalue weighted by atomic mass is 16.5. The molecule has 1 aromatic rings. The quantitative estimate of drug-likeness (QED) is 0.643. The van der Waals surface area contributed by atoms with E-state index in [9.17, 15) is 0 Å². The second-order valence-electron chi connectivity index (χ2n) is 2.36. The van der Waals surface area contributed by atoms with E-state index in [2.05, 4.69) is 10.1 Å². The van der Waals surface area contributed by atoms with Crippen molar-refractivity contribution in [1.29, 1.82) is 0 Å². The van der Waals surface area contributed by atoms with Gasteiger partial charge in [0.25, 0.3) is 0 Å². The van der Waals surface area contributed by atoms with Crippen molar-refractivity contribution in [2.24, 2.45) is 12.8 Å². The fourth-order valence-corrected chi connectivity index (χ4v) is 0.602. The van der Waals surface area contributed by atoms with Crippen LogP contribution in [-0.4, -0.2) is 27.4 Å². The minimum atomic E-state index is -0.0302. The van der Waals surface area contributed by atoms with E-state index in [4.69, 9.17) is 10.5 Å². The Kier molecular flexibility index (Phi) is 2.43. The van der Waals surface area contributed by atoms with E-state index < -0.39 is 0 Å². The second kappa shape index (κ2) is 3.34. The summed E-state index contributed by atoms with van der Waals surface area (Å²) in [6.07, 6.45) is 1.55. The van der Waals surface area contributed by atoms with E-state index in [0.29, 0.717) is 12.6 Å². The summed E-state index contributed by atoms with van der Waals surface area (Å²) in [5, 5.41) is 3.93. The van der Waals surface area contributed by atoms with Gasteiger partial charge in [0.2, 0.25) is 0 Å². The number of nitrogens with two attached hydrogens (primary N) is 1. The van der Waals surface area contributed by atoms with Gasteiger partial charge >= 0.3 is 6.01 Å². The van der Waals surface area contributed by atoms with Gasteiger partial charge in [-0.1, -0.05) is 0 Å². The SMILES string of the molecule is CC(CN)Oc1ncn(C)n1. The molecule has 5 nitrogen and oxygen atoms in total. The largest absolute Gasteiger partial charge is 0.458 e. The Morgan fingerprint density at radius 1 is 1.82 bits per heavy atom. The zero-order valence-electron chi connectivity index (χ0n) is 6.69. The maximum Gasteiger partial charge on any atom is 0.335 e. The summed E-state index contributed by atoms with van der Waals surface area (Å²) in [5.74, 6) is 0. The van der Waals surface area contributed by atoms with Gasteiger partial charge in [-0.2, -0.15) is 4.98 Å². The highest BCUT2D eigenvalue weighted by Crippen LogP contribution is 2.00. The third-order valence-corrected chi connectivity index (χ3v) is 1.22. The van der Waals surface area contributed by atoms with Crippen LogP contribution < -0.4 is 10.5 Å². The van der Waals surface area contributed by atoms with Gasteiger partial charge in [0.1, 0.15) is 12.4 Å². The molecule has 62 valence electrons. The monoisotopic (exact) mass is 156 g/mol. The lowest BCUT2D eigenvalue weighted by atomic mass is 10.4. The molecular weight excluding hydrogens is 144 g/mol. The number of hydrogen-bond acceptors (Lipinski definition) is 4. The van der Waals surface area contributed by atoms with E-state index in [0.717, 1.165) is 0 Å². The average Bonchev–Trinajstić information content (AvgIpc) is 2.35. The molecule has 0 saturated heterocycles. The van der Waals surface area contributed by atoms with Gasteiger partial charge in [-0.25, -0.2) is 0 Å². The molecule has 0 radical (unpaired) electrons. The Morgan fingerprint density at radius 2 is 2.55 bits per heavy atom. The van der Waals surface area contributed by atoms with E-state index in [1.54, 1.807) is 18.1 Å². The van der Waals surface area contributed by atoms with Crippen molar-refractivity contribution >= 4 is 0 Å². The lowest BCUT2D eigenvalue weighted by Crippen LogP contribution is -2.23. The van der Waals surface area contributed by atoms with Crippen LogP contribution in [0, 0.1) is 0 Å². The predicted octanol–water partition coefficient (Wildman–Crippen LogP) is -0.459. The number of rotatable bonds is 3. The molecule has 1 aromatic heterocycles. The Bertz CT molecular complexity index is 222. The number of aromatic nitrogens is 3. The van der Waals surface area contributed by atoms with Crippen molar-refractivity contribution < 1.29 is 4.74 Å². The lowest BCUT2D eigenvalue weighted by Gasteiger charge is -2.06. The number of ether oxygens (including phenoxy) is 1. The minimum absolute atomic E-state index is 0.0302. The summed E-state index contributed by atoms with van der Waals surface area (Å²) in [4.78, 5) is 3.88. The first-order chi connectivity index (χ1) is 5.22. The van der Waals surface area contributed by atoms with Crippen molar-refractivity contribution in [2.75, 3.05) is 6.54 Å². The van der Waals surface area contributed by atoms with Crippen molar-refractivity contribution in [3.63, 3.8) is 0 Å². The highest BCUT2D eigenvalue weighted by Gasteiger charge is 2.03. The molecule has 5 heteroatoms. The van der Waals surface area contributed by atoms with Crippen LogP contribution in [0.5, 0.6) is 6.01 Å². The number of hydrogen-bond donors (Lipinski definition) is 1. The highest BCUT2D eigenvalue weighted by molar-refractivity contribution is 4.87. The van der Waals surface area contributed by atoms with Crippen molar-refractivity contribution in [2.45, 2.75) is 13.0 Å². The molecule has 1 atom stereocenters. The second-order valence-corrected chi connectivity index (χ2v) is 2.36. The smallest absolute Gasteiger partial charge is 0.335 e. The Labute approximate surface area is 65.2 Å². The normalized spacial score (nSPS) is 13.0. The molecule has 0 aliphatic heterocycles. The van der Waals surface area contributed by atoms with Crippen LogP contribution in [-0.2, 0) is 7.05 Å². The van der Waals surface area contributed by atoms with Gasteiger partial charge in [-0.05, 0) is 6.92 Å². The van der Waals surface area contributed by atoms with Gasteiger partial charge in [0.05, 0.1) is 0 Å². The van der Waals surface area contributed by atoms with Crippen molar-refractivity contribution in [1.82, 2.24) is 14.8 Å². The molecular formula is C6H12N4O. The lowest BCUT2D eigenvalue weighted by molar-refractivity contribution is 0.210. The van der Waals surface area contributed by atoms with Crippen LogP contribution in [0.3, 0.4) is 0 Å². The molecule has 2 N–H and O–H groups in total. The van der Waals surface area contributed by atoms with Gasteiger partial charge in [0.15, 0.2) is 0 Å². The molecule has 11 heavy (non-hydrogen) atoms. The van der Waals surface area contributed by atoms with Gasteiger partial charge in [-0.15, -0.1) is 5.10 Å². The Balaban J connectivity index is 2.50. The summed E-state index contributed by atoms with van der Waals surface area (Å²) < 4.78 is 6.80. The zero-order valence-corrected chi connectivity index (χ0v) is 6.69. The molecule has 1 unspecified atom stereocenters. The zero-order chi connectivity index (χ0) is 8.27. The summed E-state index contributed by atoms with van der Waals surface area (Å²) in [5.41, 5.74) is 5.34. The summed E-state index contributed by atoms with van der Waals surface area (Å²) in [7, 11) is 1.78. The van der Waals surface area contributed by atoms with Gasteiger partial charge < -0.3 is 10.5 Å². The molecule has 0 amide bonds. The van der Waals surface area contributed by atoms with Crippen molar-refractivity contribution in [3.05, 3.63) is 6.33 Å². The van der Waals surface area contributed by atoms with Crippen LogP contribution >= 0.6 is 0 Å².